The molecule has 3 aromatic heterocycles. The van der Waals surface area contributed by atoms with Gasteiger partial charge in [0.25, 0.3) is 5.56 Å². The third kappa shape index (κ3) is 1.85. The maximum absolute atomic E-state index is 12.2. The van der Waals surface area contributed by atoms with E-state index >= 15 is 0 Å². The van der Waals surface area contributed by atoms with Gasteiger partial charge in [-0.2, -0.15) is 5.10 Å². The first-order valence-corrected chi connectivity index (χ1v) is 5.62. The van der Waals surface area contributed by atoms with Gasteiger partial charge in [-0.3, -0.25) is 14.0 Å². The fraction of sp³-hybridized carbons (Fsp3) is 0.182. The number of nitrogens with zero attached hydrogens (tertiary/aromatic N) is 5. The fourth-order valence-corrected chi connectivity index (χ4v) is 1.84. The monoisotopic (exact) mass is 275 g/mol. The minimum absolute atomic E-state index is 0.0525. The van der Waals surface area contributed by atoms with Crippen LogP contribution < -0.4 is 5.56 Å². The van der Waals surface area contributed by atoms with Crippen LogP contribution in [0.2, 0.25) is 0 Å². The highest BCUT2D eigenvalue weighted by Crippen LogP contribution is 2.07. The van der Waals surface area contributed by atoms with Crippen LogP contribution in [-0.4, -0.2) is 35.6 Å². The molecule has 0 aliphatic heterocycles. The van der Waals surface area contributed by atoms with Crippen molar-refractivity contribution in [3.05, 3.63) is 40.4 Å². The van der Waals surface area contributed by atoms with Gasteiger partial charge in [0, 0.05) is 13.1 Å². The summed E-state index contributed by atoms with van der Waals surface area (Å²) < 4.78 is 7.66. The van der Waals surface area contributed by atoms with Crippen LogP contribution >= 0.6 is 0 Å². The molecule has 0 saturated heterocycles. The normalized spacial score (nSPS) is 11.1. The third-order valence-corrected chi connectivity index (χ3v) is 2.82. The highest BCUT2D eigenvalue weighted by Gasteiger charge is 2.13. The summed E-state index contributed by atoms with van der Waals surface area (Å²) in [6.45, 7) is 0.0525. The van der Waals surface area contributed by atoms with Gasteiger partial charge in [0.2, 0.25) is 0 Å². The van der Waals surface area contributed by atoms with Crippen LogP contribution in [0.25, 0.3) is 11.0 Å². The van der Waals surface area contributed by atoms with E-state index in [9.17, 15) is 9.59 Å². The molecule has 102 valence electrons. The van der Waals surface area contributed by atoms with Crippen molar-refractivity contribution >= 4 is 17.0 Å². The largest absolute Gasteiger partial charge is 0.476 e. The van der Waals surface area contributed by atoms with E-state index in [0.29, 0.717) is 11.0 Å². The summed E-state index contributed by atoms with van der Waals surface area (Å²) >= 11 is 0. The summed E-state index contributed by atoms with van der Waals surface area (Å²) in [4.78, 5) is 27.0. The van der Waals surface area contributed by atoms with E-state index in [1.807, 2.05) is 0 Å². The van der Waals surface area contributed by atoms with Gasteiger partial charge in [-0.05, 0) is 0 Å². The number of carboxylic acids is 1. The van der Waals surface area contributed by atoms with E-state index in [-0.39, 0.29) is 23.6 Å². The molecule has 0 spiro atoms. The second kappa shape index (κ2) is 4.30. The van der Waals surface area contributed by atoms with Gasteiger partial charge in [-0.15, -0.1) is 0 Å². The van der Waals surface area contributed by atoms with Crippen LogP contribution in [0.3, 0.4) is 0 Å². The smallest absolute Gasteiger partial charge is 0.358 e. The molecule has 0 atom stereocenters. The fourth-order valence-electron chi connectivity index (χ4n) is 1.84. The van der Waals surface area contributed by atoms with Gasteiger partial charge in [0.1, 0.15) is 11.7 Å². The van der Waals surface area contributed by atoms with Gasteiger partial charge < -0.3 is 9.63 Å². The van der Waals surface area contributed by atoms with Crippen LogP contribution in [0.15, 0.2) is 27.9 Å². The predicted octanol–water partition coefficient (Wildman–Crippen LogP) is -0.136. The molecule has 1 N–H and O–H groups in total. The lowest BCUT2D eigenvalue weighted by molar-refractivity contribution is 0.0685. The number of hydrogen-bond acceptors (Lipinski definition) is 6. The highest BCUT2D eigenvalue weighted by molar-refractivity contribution is 5.85. The van der Waals surface area contributed by atoms with Crippen molar-refractivity contribution in [2.24, 2.45) is 7.05 Å². The summed E-state index contributed by atoms with van der Waals surface area (Å²) in [5.74, 6) is -0.928. The van der Waals surface area contributed by atoms with Crippen LogP contribution in [-0.2, 0) is 13.6 Å². The van der Waals surface area contributed by atoms with E-state index in [2.05, 4.69) is 15.2 Å². The number of carbonyl (C=O) groups is 1. The Morgan fingerprint density at radius 2 is 2.30 bits per heavy atom. The van der Waals surface area contributed by atoms with Crippen molar-refractivity contribution in [3.8, 4) is 0 Å². The number of aryl methyl sites for hydroxylation is 1. The first kappa shape index (κ1) is 12.1. The van der Waals surface area contributed by atoms with E-state index in [1.165, 1.54) is 27.8 Å². The first-order valence-electron chi connectivity index (χ1n) is 5.62. The molecule has 0 aliphatic carbocycles. The van der Waals surface area contributed by atoms with Crippen LogP contribution in [0, 0.1) is 0 Å². The molecule has 3 aromatic rings. The van der Waals surface area contributed by atoms with E-state index in [1.54, 1.807) is 7.05 Å². The average molecular weight is 275 g/mol. The second-order valence-corrected chi connectivity index (χ2v) is 4.17. The van der Waals surface area contributed by atoms with Crippen molar-refractivity contribution in [2.45, 2.75) is 6.54 Å². The number of hydrogen-bond donors (Lipinski definition) is 1. The maximum Gasteiger partial charge on any atom is 0.358 e. The molecule has 9 nitrogen and oxygen atoms in total. The molecule has 0 aliphatic rings. The van der Waals surface area contributed by atoms with Crippen LogP contribution in [0.4, 0.5) is 0 Å². The average Bonchev–Trinajstić information content (AvgIpc) is 3.01. The molecule has 0 fully saturated rings. The molecule has 0 aromatic carbocycles. The minimum atomic E-state index is -1.19. The van der Waals surface area contributed by atoms with E-state index in [4.69, 9.17) is 9.63 Å². The van der Waals surface area contributed by atoms with Gasteiger partial charge in [-0.1, -0.05) is 5.16 Å². The topological polar surface area (TPSA) is 116 Å². The highest BCUT2D eigenvalue weighted by atomic mass is 16.5. The Hall–Kier alpha value is -2.97. The summed E-state index contributed by atoms with van der Waals surface area (Å²) in [5, 5.41) is 16.5. The van der Waals surface area contributed by atoms with Crippen molar-refractivity contribution in [2.75, 3.05) is 0 Å². The standard InChI is InChI=1S/C11H9N5O4/c1-15-9-7(3-13-15)10(17)16(5-12-9)4-6-2-8(11(18)19)14-20-6/h2-3,5H,4H2,1H3,(H,18,19). The Morgan fingerprint density at radius 3 is 3.00 bits per heavy atom. The maximum atomic E-state index is 12.2. The van der Waals surface area contributed by atoms with E-state index < -0.39 is 5.97 Å². The number of carboxylic acid groups (broad SMARTS) is 1. The minimum Gasteiger partial charge on any atom is -0.476 e. The molecule has 0 radical (unpaired) electrons. The quantitative estimate of drug-likeness (QED) is 0.707. The number of aromatic carboxylic acids is 1. The summed E-state index contributed by atoms with van der Waals surface area (Å²) in [6.07, 6.45) is 2.79. The Bertz CT molecular complexity index is 859. The molecule has 0 bridgehead atoms. The van der Waals surface area contributed by atoms with Gasteiger partial charge in [0.05, 0.1) is 12.7 Å². The number of rotatable bonds is 3. The number of aromatic nitrogens is 5. The Morgan fingerprint density at radius 1 is 1.50 bits per heavy atom. The van der Waals surface area contributed by atoms with Crippen molar-refractivity contribution < 1.29 is 14.4 Å². The second-order valence-electron chi connectivity index (χ2n) is 4.17. The van der Waals surface area contributed by atoms with Crippen molar-refractivity contribution in [1.29, 1.82) is 0 Å². The number of fused-ring (bicyclic) bond motifs is 1. The predicted molar refractivity (Wildman–Crippen MR) is 65.3 cm³/mol. The Balaban J connectivity index is 2.00. The van der Waals surface area contributed by atoms with E-state index in [0.717, 1.165) is 0 Å². The van der Waals surface area contributed by atoms with Gasteiger partial charge in [-0.25, -0.2) is 9.78 Å². The van der Waals surface area contributed by atoms with Gasteiger partial charge >= 0.3 is 5.97 Å². The van der Waals surface area contributed by atoms with Gasteiger partial charge in [0.15, 0.2) is 17.1 Å². The first-order chi connectivity index (χ1) is 9.56. The Kier molecular flexibility index (Phi) is 2.60. The molecule has 0 unspecified atom stereocenters. The van der Waals surface area contributed by atoms with Crippen molar-refractivity contribution in [3.63, 3.8) is 0 Å². The summed E-state index contributed by atoms with van der Waals surface area (Å²) in [5.41, 5.74) is -0.00474. The Labute approximate surface area is 111 Å². The lowest BCUT2D eigenvalue weighted by Crippen LogP contribution is -2.20. The molecular formula is C11H9N5O4. The summed E-state index contributed by atoms with van der Waals surface area (Å²) in [6, 6.07) is 1.27. The lowest BCUT2D eigenvalue weighted by Gasteiger charge is -2.01. The third-order valence-electron chi connectivity index (χ3n) is 2.82. The zero-order chi connectivity index (χ0) is 14.3. The summed E-state index contributed by atoms with van der Waals surface area (Å²) in [7, 11) is 1.69. The zero-order valence-corrected chi connectivity index (χ0v) is 10.3. The molecule has 9 heteroatoms. The van der Waals surface area contributed by atoms with Crippen LogP contribution in [0.5, 0.6) is 0 Å². The lowest BCUT2D eigenvalue weighted by atomic mass is 10.3. The molecule has 20 heavy (non-hydrogen) atoms. The molecule has 0 amide bonds. The van der Waals surface area contributed by atoms with Crippen LogP contribution in [0.1, 0.15) is 16.2 Å². The SMILES string of the molecule is Cn1ncc2c(=O)n(Cc3cc(C(=O)O)no3)cnc21. The van der Waals surface area contributed by atoms with Crippen molar-refractivity contribution in [1.82, 2.24) is 24.5 Å². The molecule has 0 saturated carbocycles. The molecule has 3 rings (SSSR count). The molecule has 3 heterocycles. The zero-order valence-electron chi connectivity index (χ0n) is 10.3. The molecular weight excluding hydrogens is 266 g/mol.